The van der Waals surface area contributed by atoms with Crippen LogP contribution < -0.4 is 5.32 Å². The lowest BCUT2D eigenvalue weighted by molar-refractivity contribution is -0.137. The minimum Gasteiger partial charge on any atom is -0.355 e. The Balaban J connectivity index is 1.76. The van der Waals surface area contributed by atoms with Crippen LogP contribution in [0.15, 0.2) is 6.20 Å². The second-order valence-electron chi connectivity index (χ2n) is 4.36. The Morgan fingerprint density at radius 1 is 1.59 bits per heavy atom. The first-order valence-electron chi connectivity index (χ1n) is 6.21. The SMILES string of the molecule is CCc1nn(C)cc1CNCC1CCOCO1. The van der Waals surface area contributed by atoms with Gasteiger partial charge < -0.3 is 14.8 Å². The molecule has 1 aliphatic rings. The summed E-state index contributed by atoms with van der Waals surface area (Å²) < 4.78 is 12.5. The first-order valence-corrected chi connectivity index (χ1v) is 6.21. The van der Waals surface area contributed by atoms with Gasteiger partial charge in [0, 0.05) is 31.9 Å². The van der Waals surface area contributed by atoms with Gasteiger partial charge in [-0.3, -0.25) is 4.68 Å². The summed E-state index contributed by atoms with van der Waals surface area (Å²) in [5.41, 5.74) is 2.45. The maximum absolute atomic E-state index is 5.47. The van der Waals surface area contributed by atoms with Crippen LogP contribution in [0.3, 0.4) is 0 Å². The van der Waals surface area contributed by atoms with Crippen molar-refractivity contribution in [2.75, 3.05) is 19.9 Å². The maximum atomic E-state index is 5.47. The molecule has 96 valence electrons. The Labute approximate surface area is 102 Å². The van der Waals surface area contributed by atoms with Crippen LogP contribution in [-0.4, -0.2) is 35.8 Å². The Kier molecular flexibility index (Phi) is 4.53. The smallest absolute Gasteiger partial charge is 0.147 e. The van der Waals surface area contributed by atoms with Gasteiger partial charge in [-0.2, -0.15) is 5.10 Å². The molecule has 1 N–H and O–H groups in total. The molecule has 1 unspecified atom stereocenters. The summed E-state index contributed by atoms with van der Waals surface area (Å²) in [4.78, 5) is 0. The number of ether oxygens (including phenoxy) is 2. The number of rotatable bonds is 5. The second-order valence-corrected chi connectivity index (χ2v) is 4.36. The van der Waals surface area contributed by atoms with Crippen molar-refractivity contribution in [3.05, 3.63) is 17.5 Å². The molecule has 1 atom stereocenters. The predicted molar refractivity (Wildman–Crippen MR) is 64.6 cm³/mol. The van der Waals surface area contributed by atoms with E-state index in [2.05, 4.69) is 23.5 Å². The molecule has 0 bridgehead atoms. The van der Waals surface area contributed by atoms with E-state index in [0.29, 0.717) is 6.79 Å². The monoisotopic (exact) mass is 239 g/mol. The van der Waals surface area contributed by atoms with Crippen LogP contribution in [0.2, 0.25) is 0 Å². The molecule has 1 fully saturated rings. The Morgan fingerprint density at radius 2 is 2.47 bits per heavy atom. The van der Waals surface area contributed by atoms with E-state index in [-0.39, 0.29) is 6.10 Å². The number of nitrogens with zero attached hydrogens (tertiary/aromatic N) is 2. The summed E-state index contributed by atoms with van der Waals surface area (Å²) in [5.74, 6) is 0. The summed E-state index contributed by atoms with van der Waals surface area (Å²) >= 11 is 0. The molecule has 1 aromatic rings. The average Bonchev–Trinajstić information content (AvgIpc) is 2.71. The number of aromatic nitrogens is 2. The fourth-order valence-corrected chi connectivity index (χ4v) is 2.06. The molecule has 0 aromatic carbocycles. The van der Waals surface area contributed by atoms with Gasteiger partial charge in [0.1, 0.15) is 6.79 Å². The van der Waals surface area contributed by atoms with Crippen molar-refractivity contribution >= 4 is 0 Å². The lowest BCUT2D eigenvalue weighted by Gasteiger charge is -2.22. The van der Waals surface area contributed by atoms with Gasteiger partial charge in [-0.05, 0) is 12.8 Å². The first kappa shape index (κ1) is 12.5. The molecule has 0 amide bonds. The first-order chi connectivity index (χ1) is 8.29. The highest BCUT2D eigenvalue weighted by Crippen LogP contribution is 2.08. The van der Waals surface area contributed by atoms with E-state index in [9.17, 15) is 0 Å². The summed E-state index contributed by atoms with van der Waals surface area (Å²) in [6.45, 7) is 5.10. The lowest BCUT2D eigenvalue weighted by atomic mass is 10.2. The van der Waals surface area contributed by atoms with Gasteiger partial charge in [0.25, 0.3) is 0 Å². The van der Waals surface area contributed by atoms with Crippen molar-refractivity contribution in [1.29, 1.82) is 0 Å². The molecule has 5 heteroatoms. The van der Waals surface area contributed by atoms with Crippen LogP contribution in [0.1, 0.15) is 24.6 Å². The van der Waals surface area contributed by atoms with Crippen molar-refractivity contribution < 1.29 is 9.47 Å². The topological polar surface area (TPSA) is 48.3 Å². The third-order valence-corrected chi connectivity index (χ3v) is 2.99. The van der Waals surface area contributed by atoms with Crippen molar-refractivity contribution in [2.24, 2.45) is 7.05 Å². The van der Waals surface area contributed by atoms with E-state index in [1.54, 1.807) is 0 Å². The molecular formula is C12H21N3O2. The highest BCUT2D eigenvalue weighted by atomic mass is 16.7. The summed E-state index contributed by atoms with van der Waals surface area (Å²) in [7, 11) is 1.96. The molecule has 2 heterocycles. The van der Waals surface area contributed by atoms with Crippen LogP contribution in [0.4, 0.5) is 0 Å². The van der Waals surface area contributed by atoms with E-state index in [1.807, 2.05) is 11.7 Å². The molecular weight excluding hydrogens is 218 g/mol. The summed E-state index contributed by atoms with van der Waals surface area (Å²) in [5, 5.41) is 7.85. The van der Waals surface area contributed by atoms with Crippen LogP contribution >= 0.6 is 0 Å². The number of hydrogen-bond donors (Lipinski definition) is 1. The van der Waals surface area contributed by atoms with Gasteiger partial charge in [-0.15, -0.1) is 0 Å². The molecule has 0 saturated carbocycles. The lowest BCUT2D eigenvalue weighted by Crippen LogP contribution is -2.33. The Hall–Kier alpha value is -0.910. The quantitative estimate of drug-likeness (QED) is 0.827. The van der Waals surface area contributed by atoms with E-state index in [1.165, 1.54) is 11.3 Å². The van der Waals surface area contributed by atoms with Crippen LogP contribution in [0, 0.1) is 0 Å². The molecule has 0 aliphatic carbocycles. The van der Waals surface area contributed by atoms with Gasteiger partial charge in [0.15, 0.2) is 0 Å². The van der Waals surface area contributed by atoms with Gasteiger partial charge in [-0.1, -0.05) is 6.92 Å². The molecule has 1 aliphatic heterocycles. The van der Waals surface area contributed by atoms with Crippen molar-refractivity contribution in [2.45, 2.75) is 32.4 Å². The Bertz CT molecular complexity index is 346. The molecule has 1 saturated heterocycles. The normalized spacial score (nSPS) is 20.7. The number of aryl methyl sites for hydroxylation is 2. The largest absolute Gasteiger partial charge is 0.355 e. The van der Waals surface area contributed by atoms with E-state index < -0.39 is 0 Å². The highest BCUT2D eigenvalue weighted by Gasteiger charge is 2.13. The van der Waals surface area contributed by atoms with Gasteiger partial charge in [-0.25, -0.2) is 0 Å². The van der Waals surface area contributed by atoms with Crippen molar-refractivity contribution in [3.8, 4) is 0 Å². The summed E-state index contributed by atoms with van der Waals surface area (Å²) in [6.07, 6.45) is 4.31. The molecule has 0 spiro atoms. The second kappa shape index (κ2) is 6.14. The van der Waals surface area contributed by atoms with Gasteiger partial charge in [0.2, 0.25) is 0 Å². The van der Waals surface area contributed by atoms with E-state index in [4.69, 9.17) is 9.47 Å². The fraction of sp³-hybridized carbons (Fsp3) is 0.750. The van der Waals surface area contributed by atoms with Gasteiger partial charge in [0.05, 0.1) is 18.4 Å². The molecule has 1 aromatic heterocycles. The van der Waals surface area contributed by atoms with Crippen LogP contribution in [0.5, 0.6) is 0 Å². The predicted octanol–water partition coefficient (Wildman–Crippen LogP) is 0.835. The maximum Gasteiger partial charge on any atom is 0.147 e. The zero-order valence-electron chi connectivity index (χ0n) is 10.6. The van der Waals surface area contributed by atoms with Crippen molar-refractivity contribution in [3.63, 3.8) is 0 Å². The highest BCUT2D eigenvalue weighted by molar-refractivity contribution is 5.16. The summed E-state index contributed by atoms with van der Waals surface area (Å²) in [6, 6.07) is 0. The fourth-order valence-electron chi connectivity index (χ4n) is 2.06. The minimum absolute atomic E-state index is 0.283. The Morgan fingerprint density at radius 3 is 3.18 bits per heavy atom. The van der Waals surface area contributed by atoms with Crippen LogP contribution in [0.25, 0.3) is 0 Å². The number of hydrogen-bond acceptors (Lipinski definition) is 4. The molecule has 2 rings (SSSR count). The third-order valence-electron chi connectivity index (χ3n) is 2.99. The average molecular weight is 239 g/mol. The van der Waals surface area contributed by atoms with E-state index >= 15 is 0 Å². The van der Waals surface area contributed by atoms with Crippen molar-refractivity contribution in [1.82, 2.24) is 15.1 Å². The zero-order chi connectivity index (χ0) is 12.1. The molecule has 17 heavy (non-hydrogen) atoms. The number of nitrogens with one attached hydrogen (secondary N) is 1. The standard InChI is InChI=1S/C12H21N3O2/c1-3-12-10(8-15(2)14-12)6-13-7-11-4-5-16-9-17-11/h8,11,13H,3-7,9H2,1-2H3. The van der Waals surface area contributed by atoms with Crippen LogP contribution in [-0.2, 0) is 29.5 Å². The zero-order valence-corrected chi connectivity index (χ0v) is 10.6. The van der Waals surface area contributed by atoms with E-state index in [0.717, 1.165) is 32.5 Å². The minimum atomic E-state index is 0.283. The van der Waals surface area contributed by atoms with Gasteiger partial charge >= 0.3 is 0 Å². The molecule has 5 nitrogen and oxygen atoms in total. The molecule has 0 radical (unpaired) electrons. The third kappa shape index (κ3) is 3.52.